The summed E-state index contributed by atoms with van der Waals surface area (Å²) in [6.07, 6.45) is -4.90. The van der Waals surface area contributed by atoms with Gasteiger partial charge in [-0.15, -0.1) is 13.2 Å². The first-order valence-electron chi connectivity index (χ1n) is 6.58. The number of benzene rings is 2. The standard InChI is InChI=1S/C15H11F5N2O2/c16-10-6-5-9(7-11(10)17)8-21-14(23)22-12-3-1-2-4-13(12)24-15(18,19)20/h1-7H,8H2,(H2,21,22,23). The van der Waals surface area contributed by atoms with E-state index in [9.17, 15) is 26.7 Å². The minimum atomic E-state index is -4.90. The number of carbonyl (C=O) groups excluding carboxylic acids is 1. The molecule has 24 heavy (non-hydrogen) atoms. The molecule has 2 rings (SSSR count). The summed E-state index contributed by atoms with van der Waals surface area (Å²) < 4.78 is 66.5. The molecule has 0 saturated heterocycles. The van der Waals surface area contributed by atoms with Gasteiger partial charge in [0.1, 0.15) is 0 Å². The molecule has 0 aliphatic carbocycles. The van der Waals surface area contributed by atoms with Crippen molar-refractivity contribution in [3.8, 4) is 5.75 Å². The van der Waals surface area contributed by atoms with Crippen molar-refractivity contribution in [2.75, 3.05) is 5.32 Å². The highest BCUT2D eigenvalue weighted by Crippen LogP contribution is 2.29. The van der Waals surface area contributed by atoms with E-state index in [-0.39, 0.29) is 17.8 Å². The summed E-state index contributed by atoms with van der Waals surface area (Å²) in [4.78, 5) is 11.7. The van der Waals surface area contributed by atoms with Crippen LogP contribution < -0.4 is 15.4 Å². The van der Waals surface area contributed by atoms with Gasteiger partial charge < -0.3 is 15.4 Å². The Morgan fingerprint density at radius 2 is 1.75 bits per heavy atom. The third-order valence-electron chi connectivity index (χ3n) is 2.80. The van der Waals surface area contributed by atoms with Crippen LogP contribution in [-0.2, 0) is 6.54 Å². The smallest absolute Gasteiger partial charge is 0.404 e. The molecule has 2 aromatic carbocycles. The zero-order chi connectivity index (χ0) is 17.7. The van der Waals surface area contributed by atoms with Gasteiger partial charge in [-0.2, -0.15) is 0 Å². The van der Waals surface area contributed by atoms with E-state index in [4.69, 9.17) is 0 Å². The van der Waals surface area contributed by atoms with Crippen molar-refractivity contribution in [3.05, 3.63) is 59.7 Å². The van der Waals surface area contributed by atoms with Crippen molar-refractivity contribution in [3.63, 3.8) is 0 Å². The molecule has 0 heterocycles. The monoisotopic (exact) mass is 346 g/mol. The fourth-order valence-electron chi connectivity index (χ4n) is 1.78. The molecular weight excluding hydrogens is 335 g/mol. The Morgan fingerprint density at radius 1 is 1.04 bits per heavy atom. The largest absolute Gasteiger partial charge is 0.573 e. The van der Waals surface area contributed by atoms with Crippen molar-refractivity contribution >= 4 is 11.7 Å². The van der Waals surface area contributed by atoms with Crippen LogP contribution >= 0.6 is 0 Å². The minimum Gasteiger partial charge on any atom is -0.404 e. The first-order chi connectivity index (χ1) is 11.2. The molecule has 2 N–H and O–H groups in total. The average molecular weight is 346 g/mol. The lowest BCUT2D eigenvalue weighted by molar-refractivity contribution is -0.274. The normalized spacial score (nSPS) is 11.0. The summed E-state index contributed by atoms with van der Waals surface area (Å²) in [5, 5.41) is 4.49. The van der Waals surface area contributed by atoms with Crippen molar-refractivity contribution in [2.45, 2.75) is 12.9 Å². The van der Waals surface area contributed by atoms with Gasteiger partial charge in [-0.3, -0.25) is 0 Å². The number of alkyl halides is 3. The molecule has 0 radical (unpaired) electrons. The van der Waals surface area contributed by atoms with Crippen LogP contribution in [-0.4, -0.2) is 12.4 Å². The Bertz CT molecular complexity index is 734. The molecular formula is C15H11F5N2O2. The molecule has 0 aliphatic rings. The summed E-state index contributed by atoms with van der Waals surface area (Å²) in [5.74, 6) is -2.67. The fourth-order valence-corrected chi connectivity index (χ4v) is 1.78. The van der Waals surface area contributed by atoms with E-state index in [2.05, 4.69) is 15.4 Å². The Labute approximate surface area is 133 Å². The Morgan fingerprint density at radius 3 is 2.42 bits per heavy atom. The van der Waals surface area contributed by atoms with E-state index < -0.39 is 29.8 Å². The Hall–Kier alpha value is -2.84. The zero-order valence-corrected chi connectivity index (χ0v) is 12.0. The van der Waals surface area contributed by atoms with Crippen LogP contribution in [0.15, 0.2) is 42.5 Å². The molecule has 2 amide bonds. The maximum Gasteiger partial charge on any atom is 0.573 e. The van der Waals surface area contributed by atoms with Crippen molar-refractivity contribution in [1.82, 2.24) is 5.32 Å². The second-order valence-electron chi connectivity index (χ2n) is 4.60. The first-order valence-corrected chi connectivity index (χ1v) is 6.58. The molecule has 0 aliphatic heterocycles. The molecule has 0 spiro atoms. The molecule has 0 saturated carbocycles. The van der Waals surface area contributed by atoms with Gasteiger partial charge in [0.25, 0.3) is 0 Å². The number of amides is 2. The summed E-state index contributed by atoms with van der Waals surface area (Å²) >= 11 is 0. The number of ether oxygens (including phenoxy) is 1. The number of para-hydroxylation sites is 2. The van der Waals surface area contributed by atoms with Gasteiger partial charge in [0, 0.05) is 6.54 Å². The number of halogens is 5. The lowest BCUT2D eigenvalue weighted by Crippen LogP contribution is -2.29. The van der Waals surface area contributed by atoms with Crippen molar-refractivity contribution in [1.29, 1.82) is 0 Å². The maximum absolute atomic E-state index is 13.0. The lowest BCUT2D eigenvalue weighted by atomic mass is 10.2. The van der Waals surface area contributed by atoms with E-state index in [1.54, 1.807) is 0 Å². The highest BCUT2D eigenvalue weighted by molar-refractivity contribution is 5.90. The summed E-state index contributed by atoms with van der Waals surface area (Å²) in [7, 11) is 0. The van der Waals surface area contributed by atoms with Crippen LogP contribution in [0, 0.1) is 11.6 Å². The van der Waals surface area contributed by atoms with Gasteiger partial charge in [-0.25, -0.2) is 13.6 Å². The van der Waals surface area contributed by atoms with Gasteiger partial charge in [0.2, 0.25) is 0 Å². The van der Waals surface area contributed by atoms with Gasteiger partial charge >= 0.3 is 12.4 Å². The number of carbonyl (C=O) groups is 1. The average Bonchev–Trinajstić information content (AvgIpc) is 2.49. The lowest BCUT2D eigenvalue weighted by Gasteiger charge is -2.14. The summed E-state index contributed by atoms with van der Waals surface area (Å²) in [6.45, 7) is -0.147. The van der Waals surface area contributed by atoms with Crippen LogP contribution in [0.4, 0.5) is 32.4 Å². The second kappa shape index (κ2) is 7.16. The molecule has 4 nitrogen and oxygen atoms in total. The van der Waals surface area contributed by atoms with Crippen LogP contribution in [0.25, 0.3) is 0 Å². The molecule has 0 atom stereocenters. The van der Waals surface area contributed by atoms with E-state index in [1.807, 2.05) is 0 Å². The molecule has 0 unspecified atom stereocenters. The predicted octanol–water partition coefficient (Wildman–Crippen LogP) is 4.19. The molecule has 0 fully saturated rings. The van der Waals surface area contributed by atoms with E-state index in [1.165, 1.54) is 24.3 Å². The number of rotatable bonds is 4. The predicted molar refractivity (Wildman–Crippen MR) is 75.3 cm³/mol. The minimum absolute atomic E-state index is 0.147. The molecule has 2 aromatic rings. The third kappa shape index (κ3) is 5.11. The van der Waals surface area contributed by atoms with Crippen molar-refractivity contribution < 1.29 is 31.5 Å². The quantitative estimate of drug-likeness (QED) is 0.816. The van der Waals surface area contributed by atoms with E-state index in [0.717, 1.165) is 18.2 Å². The number of urea groups is 1. The number of hydrogen-bond donors (Lipinski definition) is 2. The van der Waals surface area contributed by atoms with E-state index >= 15 is 0 Å². The van der Waals surface area contributed by atoms with Gasteiger partial charge in [0.15, 0.2) is 17.4 Å². The van der Waals surface area contributed by atoms with Crippen LogP contribution in [0.2, 0.25) is 0 Å². The number of anilines is 1. The fraction of sp³-hybridized carbons (Fsp3) is 0.133. The highest BCUT2D eigenvalue weighted by Gasteiger charge is 2.32. The van der Waals surface area contributed by atoms with Crippen LogP contribution in [0.5, 0.6) is 5.75 Å². The summed E-state index contributed by atoms with van der Waals surface area (Å²) in [6, 6.07) is 7.21. The Balaban J connectivity index is 1.98. The van der Waals surface area contributed by atoms with E-state index in [0.29, 0.717) is 0 Å². The molecule has 0 aromatic heterocycles. The number of hydrogen-bond acceptors (Lipinski definition) is 2. The van der Waals surface area contributed by atoms with Crippen LogP contribution in [0.1, 0.15) is 5.56 Å². The second-order valence-corrected chi connectivity index (χ2v) is 4.60. The topological polar surface area (TPSA) is 50.4 Å². The Kier molecular flexibility index (Phi) is 5.22. The SMILES string of the molecule is O=C(NCc1ccc(F)c(F)c1)Nc1ccccc1OC(F)(F)F. The van der Waals surface area contributed by atoms with Crippen molar-refractivity contribution in [2.24, 2.45) is 0 Å². The van der Waals surface area contributed by atoms with Crippen LogP contribution in [0.3, 0.4) is 0 Å². The highest BCUT2D eigenvalue weighted by atomic mass is 19.4. The molecule has 9 heteroatoms. The molecule has 128 valence electrons. The van der Waals surface area contributed by atoms with Gasteiger partial charge in [0.05, 0.1) is 5.69 Å². The first kappa shape index (κ1) is 17.5. The third-order valence-corrected chi connectivity index (χ3v) is 2.80. The maximum atomic E-state index is 13.0. The zero-order valence-electron chi connectivity index (χ0n) is 12.0. The van der Waals surface area contributed by atoms with Gasteiger partial charge in [-0.05, 0) is 29.8 Å². The van der Waals surface area contributed by atoms with Gasteiger partial charge in [-0.1, -0.05) is 18.2 Å². The summed E-state index contributed by atoms with van der Waals surface area (Å²) in [5.41, 5.74) is 0.0847. The molecule has 0 bridgehead atoms. The number of nitrogens with one attached hydrogen (secondary N) is 2.